The number of rotatable bonds is 2. The Bertz CT molecular complexity index is 1180. The lowest BCUT2D eigenvalue weighted by Crippen LogP contribution is -2.53. The van der Waals surface area contributed by atoms with E-state index in [4.69, 9.17) is 0 Å². The molecule has 3 fully saturated rings. The molecule has 2 aromatic heterocycles. The van der Waals surface area contributed by atoms with E-state index in [9.17, 15) is 10.1 Å². The molecular weight excluding hydrogens is 412 g/mol. The molecule has 0 spiro atoms. The van der Waals surface area contributed by atoms with Crippen LogP contribution in [0.15, 0.2) is 31.0 Å². The van der Waals surface area contributed by atoms with Gasteiger partial charge in [0.25, 0.3) is 0 Å². The van der Waals surface area contributed by atoms with Gasteiger partial charge in [0, 0.05) is 29.8 Å². The van der Waals surface area contributed by atoms with Crippen LogP contribution in [0.1, 0.15) is 69.8 Å². The molecule has 0 radical (unpaired) electrons. The summed E-state index contributed by atoms with van der Waals surface area (Å²) in [6.45, 7) is 4.80. The van der Waals surface area contributed by atoms with E-state index in [1.54, 1.807) is 0 Å². The highest BCUT2D eigenvalue weighted by molar-refractivity contribution is 5.93. The van der Waals surface area contributed by atoms with Gasteiger partial charge in [0.2, 0.25) is 5.91 Å². The Labute approximate surface area is 194 Å². The fourth-order valence-electron chi connectivity index (χ4n) is 8.16. The minimum Gasteiger partial charge on any atom is -0.328 e. The van der Waals surface area contributed by atoms with E-state index >= 15 is 0 Å². The lowest BCUT2D eigenvalue weighted by atomic mass is 9.48. The minimum absolute atomic E-state index is 0.00711. The summed E-state index contributed by atoms with van der Waals surface area (Å²) in [4.78, 5) is 26.0. The highest BCUT2D eigenvalue weighted by Gasteiger charge is 2.61. The Kier molecular flexibility index (Phi) is 4.52. The Morgan fingerprint density at radius 1 is 1.18 bits per heavy atom. The number of carbonyl (C=O) groups excluding carboxylic acids is 1. The molecule has 2 aromatic rings. The van der Waals surface area contributed by atoms with Gasteiger partial charge in [-0.15, -0.1) is 0 Å². The second kappa shape index (κ2) is 7.24. The van der Waals surface area contributed by atoms with Gasteiger partial charge in [0.1, 0.15) is 23.8 Å². The van der Waals surface area contributed by atoms with E-state index in [0.29, 0.717) is 35.2 Å². The maximum atomic E-state index is 13.4. The summed E-state index contributed by atoms with van der Waals surface area (Å²) in [6, 6.07) is 2.56. The maximum Gasteiger partial charge on any atom is 0.229 e. The zero-order valence-electron chi connectivity index (χ0n) is 19.2. The van der Waals surface area contributed by atoms with Gasteiger partial charge in [-0.2, -0.15) is 5.26 Å². The molecule has 3 saturated carbocycles. The molecule has 7 nitrogen and oxygen atoms in total. The molecule has 1 aliphatic heterocycles. The first-order chi connectivity index (χ1) is 16.0. The van der Waals surface area contributed by atoms with E-state index in [-0.39, 0.29) is 22.7 Å². The summed E-state index contributed by atoms with van der Waals surface area (Å²) < 4.78 is 2.39. The number of allylic oxidation sites excluding steroid dienone is 1. The van der Waals surface area contributed by atoms with E-state index in [1.807, 2.05) is 6.20 Å². The fraction of sp³-hybridized carbons (Fsp3) is 0.577. The second-order valence-electron chi connectivity index (χ2n) is 10.9. The molecule has 6 rings (SSSR count). The molecule has 4 aliphatic rings. The first kappa shape index (κ1) is 20.6. The molecular formula is C26H30N6O. The van der Waals surface area contributed by atoms with Gasteiger partial charge in [-0.25, -0.2) is 15.0 Å². The van der Waals surface area contributed by atoms with Gasteiger partial charge < -0.3 is 9.88 Å². The molecule has 3 heterocycles. The maximum absolute atomic E-state index is 13.4. The predicted molar refractivity (Wildman–Crippen MR) is 124 cm³/mol. The summed E-state index contributed by atoms with van der Waals surface area (Å²) in [5, 5.41) is 12.3. The number of nitrogens with zero attached hydrogens (tertiary/aromatic N) is 5. The number of hydrogen-bond acceptors (Lipinski definition) is 5. The van der Waals surface area contributed by atoms with Gasteiger partial charge in [-0.05, 0) is 67.8 Å². The number of aromatic nitrogens is 4. The van der Waals surface area contributed by atoms with Crippen LogP contribution in [0.3, 0.4) is 0 Å². The quantitative estimate of drug-likeness (QED) is 0.733. The van der Waals surface area contributed by atoms with E-state index in [1.165, 1.54) is 25.4 Å². The summed E-state index contributed by atoms with van der Waals surface area (Å²) in [6.07, 6.45) is 18.2. The van der Waals surface area contributed by atoms with Crippen LogP contribution in [-0.2, 0) is 4.79 Å². The first-order valence-electron chi connectivity index (χ1n) is 12.2. The normalized spacial score (nSPS) is 38.4. The highest BCUT2D eigenvalue weighted by Crippen LogP contribution is 2.67. The van der Waals surface area contributed by atoms with E-state index in [0.717, 1.165) is 31.5 Å². The topological polar surface area (TPSA) is 96.5 Å². The summed E-state index contributed by atoms with van der Waals surface area (Å²) in [5.74, 6) is 3.21. The smallest absolute Gasteiger partial charge is 0.229 e. The van der Waals surface area contributed by atoms with Crippen molar-refractivity contribution in [1.82, 2.24) is 19.5 Å². The van der Waals surface area contributed by atoms with Crippen molar-refractivity contribution in [2.24, 2.45) is 34.5 Å². The average molecular weight is 443 g/mol. The number of amides is 1. The SMILES string of the molecule is C[C@]12CC[C@H]3[C@@H](CCC4n5ccnc5C=C[C@@]43C)[C@@H]1CC[C@@H]2C(=O)Nc1ncncc1C#N. The Morgan fingerprint density at radius 3 is 2.91 bits per heavy atom. The van der Waals surface area contributed by atoms with Crippen molar-refractivity contribution < 1.29 is 4.79 Å². The zero-order valence-corrected chi connectivity index (χ0v) is 19.2. The van der Waals surface area contributed by atoms with Crippen molar-refractivity contribution in [1.29, 1.82) is 5.26 Å². The van der Waals surface area contributed by atoms with Crippen LogP contribution in [0.25, 0.3) is 6.08 Å². The number of imidazole rings is 1. The number of hydrogen-bond donors (Lipinski definition) is 1. The fourth-order valence-corrected chi connectivity index (χ4v) is 8.16. The van der Waals surface area contributed by atoms with Crippen molar-refractivity contribution in [3.63, 3.8) is 0 Å². The molecule has 0 aromatic carbocycles. The van der Waals surface area contributed by atoms with Gasteiger partial charge in [-0.1, -0.05) is 19.9 Å². The number of nitrogens with one attached hydrogen (secondary N) is 1. The second-order valence-corrected chi connectivity index (χ2v) is 10.9. The molecule has 7 atom stereocenters. The lowest BCUT2D eigenvalue weighted by Gasteiger charge is -2.59. The number of anilines is 1. The largest absolute Gasteiger partial charge is 0.328 e. The van der Waals surface area contributed by atoms with Crippen LogP contribution >= 0.6 is 0 Å². The number of nitriles is 1. The monoisotopic (exact) mass is 442 g/mol. The van der Waals surface area contributed by atoms with Crippen LogP contribution in [0.5, 0.6) is 0 Å². The van der Waals surface area contributed by atoms with Crippen LogP contribution in [-0.4, -0.2) is 25.4 Å². The van der Waals surface area contributed by atoms with Crippen molar-refractivity contribution in [2.45, 2.75) is 58.4 Å². The Hall–Kier alpha value is -3.01. The third-order valence-corrected chi connectivity index (χ3v) is 9.74. The zero-order chi connectivity index (χ0) is 22.8. The average Bonchev–Trinajstić information content (AvgIpc) is 3.43. The molecule has 0 bridgehead atoms. The molecule has 1 unspecified atom stereocenters. The summed E-state index contributed by atoms with van der Waals surface area (Å²) >= 11 is 0. The van der Waals surface area contributed by atoms with E-state index < -0.39 is 0 Å². The standard InChI is InChI=1S/C26H30N6O/c1-25-9-7-19-17(3-6-21-26(19,2)10-8-22-29-11-12-32(21)22)18(25)4-5-20(25)24(33)31-23-16(13-27)14-28-15-30-23/h8,10-12,14-15,17-21H,3-7,9H2,1-2H3,(H,28,30,31,33)/t17-,18-,19-,20+,21?,25-,26+/m0/s1. The molecule has 3 aliphatic carbocycles. The summed E-state index contributed by atoms with van der Waals surface area (Å²) in [5.41, 5.74) is 0.441. The lowest BCUT2D eigenvalue weighted by molar-refractivity contribution is -0.128. The first-order valence-corrected chi connectivity index (χ1v) is 12.2. The van der Waals surface area contributed by atoms with Crippen molar-refractivity contribution >= 4 is 17.8 Å². The summed E-state index contributed by atoms with van der Waals surface area (Å²) in [7, 11) is 0. The third kappa shape index (κ3) is 2.86. The van der Waals surface area contributed by atoms with Crippen LogP contribution in [0.4, 0.5) is 5.82 Å². The van der Waals surface area contributed by atoms with Crippen molar-refractivity contribution in [3.05, 3.63) is 42.4 Å². The van der Waals surface area contributed by atoms with Crippen LogP contribution in [0, 0.1) is 45.8 Å². The van der Waals surface area contributed by atoms with Gasteiger partial charge in [0.15, 0.2) is 5.82 Å². The molecule has 0 saturated heterocycles. The van der Waals surface area contributed by atoms with Crippen LogP contribution in [0.2, 0.25) is 0 Å². The number of fused-ring (bicyclic) bond motifs is 7. The molecule has 170 valence electrons. The van der Waals surface area contributed by atoms with Crippen molar-refractivity contribution in [2.75, 3.05) is 5.32 Å². The van der Waals surface area contributed by atoms with Crippen molar-refractivity contribution in [3.8, 4) is 6.07 Å². The van der Waals surface area contributed by atoms with Gasteiger partial charge >= 0.3 is 0 Å². The predicted octanol–water partition coefficient (Wildman–Crippen LogP) is 4.61. The minimum atomic E-state index is -0.0439. The highest BCUT2D eigenvalue weighted by atomic mass is 16.2. The van der Waals surface area contributed by atoms with Gasteiger partial charge in [0.05, 0.1) is 6.20 Å². The van der Waals surface area contributed by atoms with Crippen LogP contribution < -0.4 is 5.32 Å². The van der Waals surface area contributed by atoms with E-state index in [2.05, 4.69) is 63.1 Å². The Morgan fingerprint density at radius 2 is 2.06 bits per heavy atom. The van der Waals surface area contributed by atoms with Gasteiger partial charge in [-0.3, -0.25) is 4.79 Å². The Balaban J connectivity index is 1.25. The molecule has 1 amide bonds. The molecule has 7 heteroatoms. The molecule has 1 N–H and O–H groups in total. The third-order valence-electron chi connectivity index (χ3n) is 9.74. The molecule has 33 heavy (non-hydrogen) atoms. The number of carbonyl (C=O) groups is 1.